The minimum Gasteiger partial charge on any atom is -0.495 e. The Hall–Kier alpha value is -2.70. The van der Waals surface area contributed by atoms with Crippen molar-refractivity contribution < 1.29 is 14.6 Å². The van der Waals surface area contributed by atoms with Crippen molar-refractivity contribution in [2.75, 3.05) is 30.4 Å². The second kappa shape index (κ2) is 9.20. The summed E-state index contributed by atoms with van der Waals surface area (Å²) in [7, 11) is 1.59. The standard InChI is InChI=1S/C23H23Cl2N3O3/c1-31-21-5-2-14(10-18(21)25)13-26-20-12-22(27-19-4-3-16(24)11-17(19)20)28-8-6-15(7-9-28)23(29)30/h2-5,10-12,15H,6-9,13H2,1H3,(H,26,27)(H,29,30). The molecule has 2 heterocycles. The van der Waals surface area contributed by atoms with Gasteiger partial charge in [-0.25, -0.2) is 4.98 Å². The molecule has 4 rings (SSSR count). The third kappa shape index (κ3) is 4.81. The van der Waals surface area contributed by atoms with Crippen LogP contribution in [0.2, 0.25) is 10.0 Å². The number of methoxy groups -OCH3 is 1. The summed E-state index contributed by atoms with van der Waals surface area (Å²) in [6, 6.07) is 13.3. The molecule has 0 bridgehead atoms. The highest BCUT2D eigenvalue weighted by atomic mass is 35.5. The number of nitrogens with one attached hydrogen (secondary N) is 1. The number of pyridine rings is 1. The van der Waals surface area contributed by atoms with Crippen LogP contribution < -0.4 is 15.0 Å². The Morgan fingerprint density at radius 3 is 2.65 bits per heavy atom. The normalized spacial score (nSPS) is 14.6. The number of ether oxygens (including phenoxy) is 1. The average molecular weight is 460 g/mol. The molecule has 0 aliphatic carbocycles. The van der Waals surface area contributed by atoms with Gasteiger partial charge in [0.15, 0.2) is 0 Å². The van der Waals surface area contributed by atoms with Crippen molar-refractivity contribution in [2.45, 2.75) is 19.4 Å². The number of piperidine rings is 1. The summed E-state index contributed by atoms with van der Waals surface area (Å²) in [4.78, 5) is 18.2. The van der Waals surface area contributed by atoms with Gasteiger partial charge in [0.2, 0.25) is 0 Å². The fourth-order valence-corrected chi connectivity index (χ4v) is 4.32. The van der Waals surface area contributed by atoms with Crippen LogP contribution in [-0.2, 0) is 11.3 Å². The average Bonchev–Trinajstić information content (AvgIpc) is 2.77. The first-order chi connectivity index (χ1) is 14.9. The highest BCUT2D eigenvalue weighted by Gasteiger charge is 2.25. The number of aromatic nitrogens is 1. The molecule has 1 fully saturated rings. The van der Waals surface area contributed by atoms with E-state index in [1.54, 1.807) is 7.11 Å². The van der Waals surface area contributed by atoms with E-state index in [1.165, 1.54) is 0 Å². The summed E-state index contributed by atoms with van der Waals surface area (Å²) in [6.45, 7) is 1.89. The molecule has 1 aromatic heterocycles. The monoisotopic (exact) mass is 459 g/mol. The molecule has 31 heavy (non-hydrogen) atoms. The Morgan fingerprint density at radius 1 is 1.19 bits per heavy atom. The summed E-state index contributed by atoms with van der Waals surface area (Å²) in [5.41, 5.74) is 2.76. The molecule has 2 aromatic carbocycles. The van der Waals surface area contributed by atoms with Gasteiger partial charge < -0.3 is 20.1 Å². The molecule has 1 aliphatic heterocycles. The number of benzene rings is 2. The molecule has 0 unspecified atom stereocenters. The van der Waals surface area contributed by atoms with E-state index in [4.69, 9.17) is 32.9 Å². The largest absolute Gasteiger partial charge is 0.495 e. The maximum atomic E-state index is 11.3. The van der Waals surface area contributed by atoms with Gasteiger partial charge in [0.05, 0.1) is 23.6 Å². The molecule has 0 spiro atoms. The Bertz CT molecular complexity index is 1110. The fourth-order valence-electron chi connectivity index (χ4n) is 3.86. The maximum absolute atomic E-state index is 11.3. The molecule has 0 atom stereocenters. The van der Waals surface area contributed by atoms with Crippen molar-refractivity contribution in [3.05, 3.63) is 58.1 Å². The number of fused-ring (bicyclic) bond motifs is 1. The molecular formula is C23H23Cl2N3O3. The van der Waals surface area contributed by atoms with Crippen molar-refractivity contribution >= 4 is 51.6 Å². The SMILES string of the molecule is COc1ccc(CNc2cc(N3CCC(C(=O)O)CC3)nc3ccc(Cl)cc23)cc1Cl. The predicted molar refractivity (Wildman–Crippen MR) is 125 cm³/mol. The number of hydrogen-bond donors (Lipinski definition) is 2. The van der Waals surface area contributed by atoms with E-state index >= 15 is 0 Å². The Balaban J connectivity index is 1.61. The van der Waals surface area contributed by atoms with Crippen molar-refractivity contribution in [3.63, 3.8) is 0 Å². The highest BCUT2D eigenvalue weighted by Crippen LogP contribution is 2.32. The van der Waals surface area contributed by atoms with E-state index in [-0.39, 0.29) is 5.92 Å². The molecular weight excluding hydrogens is 437 g/mol. The van der Waals surface area contributed by atoms with Crippen LogP contribution in [0.3, 0.4) is 0 Å². The van der Waals surface area contributed by atoms with E-state index in [9.17, 15) is 9.90 Å². The number of aliphatic carboxylic acids is 1. The van der Waals surface area contributed by atoms with Crippen molar-refractivity contribution in [1.29, 1.82) is 0 Å². The van der Waals surface area contributed by atoms with Gasteiger partial charge in [0.25, 0.3) is 0 Å². The highest BCUT2D eigenvalue weighted by molar-refractivity contribution is 6.32. The van der Waals surface area contributed by atoms with Gasteiger partial charge in [-0.1, -0.05) is 29.3 Å². The molecule has 2 N–H and O–H groups in total. The topological polar surface area (TPSA) is 74.7 Å². The quantitative estimate of drug-likeness (QED) is 0.509. The van der Waals surface area contributed by atoms with E-state index in [0.29, 0.717) is 48.3 Å². The number of carbonyl (C=O) groups is 1. The van der Waals surface area contributed by atoms with Gasteiger partial charge in [-0.2, -0.15) is 0 Å². The van der Waals surface area contributed by atoms with E-state index in [2.05, 4.69) is 10.2 Å². The van der Waals surface area contributed by atoms with Crippen LogP contribution in [0, 0.1) is 5.92 Å². The van der Waals surface area contributed by atoms with Crippen LogP contribution in [0.4, 0.5) is 11.5 Å². The lowest BCUT2D eigenvalue weighted by atomic mass is 9.97. The van der Waals surface area contributed by atoms with E-state index in [1.807, 2.05) is 42.5 Å². The zero-order chi connectivity index (χ0) is 22.0. The van der Waals surface area contributed by atoms with Crippen LogP contribution in [0.15, 0.2) is 42.5 Å². The van der Waals surface area contributed by atoms with Crippen LogP contribution in [0.5, 0.6) is 5.75 Å². The third-order valence-electron chi connectivity index (χ3n) is 5.62. The van der Waals surface area contributed by atoms with Gasteiger partial charge in [0.1, 0.15) is 11.6 Å². The predicted octanol–water partition coefficient (Wildman–Crippen LogP) is 5.46. The number of carboxylic acid groups (broad SMARTS) is 1. The molecule has 1 saturated heterocycles. The molecule has 162 valence electrons. The lowest BCUT2D eigenvalue weighted by Crippen LogP contribution is -2.36. The van der Waals surface area contributed by atoms with E-state index < -0.39 is 5.97 Å². The summed E-state index contributed by atoms with van der Waals surface area (Å²) in [5.74, 6) is 0.460. The smallest absolute Gasteiger partial charge is 0.306 e. The molecule has 1 aliphatic rings. The van der Waals surface area contributed by atoms with Gasteiger partial charge in [0, 0.05) is 41.8 Å². The summed E-state index contributed by atoms with van der Waals surface area (Å²) >= 11 is 12.5. The van der Waals surface area contributed by atoms with Gasteiger partial charge in [-0.05, 0) is 48.7 Å². The second-order valence-electron chi connectivity index (χ2n) is 7.61. The number of halogens is 2. The fraction of sp³-hybridized carbons (Fsp3) is 0.304. The molecule has 0 saturated carbocycles. The van der Waals surface area contributed by atoms with E-state index in [0.717, 1.165) is 28.0 Å². The minimum atomic E-state index is -0.721. The zero-order valence-electron chi connectivity index (χ0n) is 17.1. The van der Waals surface area contributed by atoms with Gasteiger partial charge in [-0.15, -0.1) is 0 Å². The molecule has 6 nitrogen and oxygen atoms in total. The zero-order valence-corrected chi connectivity index (χ0v) is 18.6. The van der Waals surface area contributed by atoms with Crippen molar-refractivity contribution in [3.8, 4) is 5.75 Å². The Labute approximate surface area is 190 Å². The molecule has 0 radical (unpaired) electrons. The Morgan fingerprint density at radius 2 is 1.97 bits per heavy atom. The number of carboxylic acids is 1. The first-order valence-corrected chi connectivity index (χ1v) is 10.8. The Kier molecular flexibility index (Phi) is 6.39. The van der Waals surface area contributed by atoms with Crippen molar-refractivity contribution in [2.24, 2.45) is 5.92 Å². The van der Waals surface area contributed by atoms with Crippen LogP contribution in [0.1, 0.15) is 18.4 Å². The minimum absolute atomic E-state index is 0.284. The third-order valence-corrected chi connectivity index (χ3v) is 6.16. The van der Waals surface area contributed by atoms with Crippen LogP contribution in [-0.4, -0.2) is 36.3 Å². The molecule has 8 heteroatoms. The van der Waals surface area contributed by atoms with Gasteiger partial charge in [-0.3, -0.25) is 4.79 Å². The molecule has 0 amide bonds. The lowest BCUT2D eigenvalue weighted by Gasteiger charge is -2.31. The summed E-state index contributed by atoms with van der Waals surface area (Å²) < 4.78 is 5.22. The molecule has 3 aromatic rings. The van der Waals surface area contributed by atoms with Crippen molar-refractivity contribution in [1.82, 2.24) is 4.98 Å². The first-order valence-electron chi connectivity index (χ1n) is 10.1. The summed E-state index contributed by atoms with van der Waals surface area (Å²) in [5, 5.41) is 14.9. The number of anilines is 2. The van der Waals surface area contributed by atoms with Gasteiger partial charge >= 0.3 is 5.97 Å². The second-order valence-corrected chi connectivity index (χ2v) is 8.46. The van der Waals surface area contributed by atoms with Crippen LogP contribution in [0.25, 0.3) is 10.9 Å². The first kappa shape index (κ1) is 21.5. The van der Waals surface area contributed by atoms with Crippen LogP contribution >= 0.6 is 23.2 Å². The number of nitrogens with zero attached hydrogens (tertiary/aromatic N) is 2. The number of hydrogen-bond acceptors (Lipinski definition) is 5. The lowest BCUT2D eigenvalue weighted by molar-refractivity contribution is -0.142. The maximum Gasteiger partial charge on any atom is 0.306 e. The number of rotatable bonds is 6. The summed E-state index contributed by atoms with van der Waals surface area (Å²) in [6.07, 6.45) is 1.23.